The van der Waals surface area contributed by atoms with E-state index in [0.717, 1.165) is 0 Å². The molecule has 4 atom stereocenters. The maximum atomic E-state index is 12.5. The molecule has 172 valence electrons. The Kier molecular flexibility index (Phi) is 10.1. The highest BCUT2D eigenvalue weighted by atomic mass is 16.4. The van der Waals surface area contributed by atoms with Crippen molar-refractivity contribution in [2.24, 2.45) is 11.7 Å². The number of nitrogens with one attached hydrogen (secondary N) is 4. The van der Waals surface area contributed by atoms with Crippen molar-refractivity contribution in [1.29, 1.82) is 0 Å². The van der Waals surface area contributed by atoms with Crippen molar-refractivity contribution < 1.29 is 34.2 Å². The zero-order valence-electron chi connectivity index (χ0n) is 17.3. The summed E-state index contributed by atoms with van der Waals surface area (Å²) in [7, 11) is 0. The molecule has 3 amide bonds. The highest BCUT2D eigenvalue weighted by Crippen LogP contribution is 2.09. The van der Waals surface area contributed by atoms with Crippen LogP contribution < -0.4 is 21.7 Å². The van der Waals surface area contributed by atoms with E-state index < -0.39 is 60.8 Å². The number of aliphatic carboxylic acids is 2. The summed E-state index contributed by atoms with van der Waals surface area (Å²) in [4.78, 5) is 65.4. The van der Waals surface area contributed by atoms with Crippen LogP contribution in [-0.4, -0.2) is 74.5 Å². The summed E-state index contributed by atoms with van der Waals surface area (Å²) in [5, 5.41) is 24.8. The Morgan fingerprint density at radius 2 is 1.84 bits per heavy atom. The third kappa shape index (κ3) is 8.82. The predicted molar refractivity (Wildman–Crippen MR) is 106 cm³/mol. The molecule has 1 aromatic heterocycles. The number of carboxylic acid groups (broad SMARTS) is 2. The normalized spacial score (nSPS) is 14.5. The number of rotatable bonds is 13. The minimum absolute atomic E-state index is 0.186. The lowest BCUT2D eigenvalue weighted by atomic mass is 9.97. The highest BCUT2D eigenvalue weighted by Gasteiger charge is 2.31. The maximum Gasteiger partial charge on any atom is 0.326 e. The highest BCUT2D eigenvalue weighted by molar-refractivity contribution is 5.93. The first-order valence-electron chi connectivity index (χ1n) is 9.60. The Morgan fingerprint density at radius 3 is 2.35 bits per heavy atom. The Labute approximate surface area is 178 Å². The molecule has 1 aromatic rings. The standard InChI is InChI=1S/C18H28N6O7/c1-3-9(2)15(17(29)23-12(18(30)31)5-14(26)27)24-13(25)7-21-16(28)11(19)4-10-6-20-8-22-10/h6,8-9,11-12,15H,3-5,7,19H2,1-2H3,(H,20,22)(H,21,28)(H,23,29)(H,24,25)(H,26,27)(H,30,31). The lowest BCUT2D eigenvalue weighted by Crippen LogP contribution is -2.56. The van der Waals surface area contributed by atoms with E-state index in [2.05, 4.69) is 25.9 Å². The summed E-state index contributed by atoms with van der Waals surface area (Å²) >= 11 is 0. The molecule has 13 nitrogen and oxygen atoms in total. The molecule has 0 aromatic carbocycles. The Balaban J connectivity index is 2.66. The molecule has 0 aliphatic heterocycles. The average Bonchev–Trinajstić information content (AvgIpc) is 3.21. The lowest BCUT2D eigenvalue weighted by Gasteiger charge is -2.25. The Morgan fingerprint density at radius 1 is 1.16 bits per heavy atom. The second-order valence-electron chi connectivity index (χ2n) is 7.03. The molecule has 31 heavy (non-hydrogen) atoms. The third-order valence-corrected chi connectivity index (χ3v) is 4.56. The van der Waals surface area contributed by atoms with Crippen LogP contribution in [0.1, 0.15) is 32.4 Å². The molecular weight excluding hydrogens is 412 g/mol. The van der Waals surface area contributed by atoms with E-state index in [4.69, 9.17) is 15.9 Å². The summed E-state index contributed by atoms with van der Waals surface area (Å²) in [6.07, 6.45) is 2.80. The van der Waals surface area contributed by atoms with Crippen LogP contribution in [-0.2, 0) is 30.4 Å². The topological polar surface area (TPSA) is 217 Å². The first-order chi connectivity index (χ1) is 14.5. The van der Waals surface area contributed by atoms with Crippen LogP contribution in [0.3, 0.4) is 0 Å². The van der Waals surface area contributed by atoms with Gasteiger partial charge in [0.1, 0.15) is 12.1 Å². The number of carbonyl (C=O) groups excluding carboxylic acids is 3. The zero-order valence-corrected chi connectivity index (χ0v) is 17.3. The van der Waals surface area contributed by atoms with Crippen LogP contribution in [0.25, 0.3) is 0 Å². The van der Waals surface area contributed by atoms with Crippen LogP contribution in [0, 0.1) is 5.92 Å². The number of hydrogen-bond acceptors (Lipinski definition) is 7. The van der Waals surface area contributed by atoms with Gasteiger partial charge in [-0.2, -0.15) is 0 Å². The van der Waals surface area contributed by atoms with Gasteiger partial charge in [-0.15, -0.1) is 0 Å². The molecule has 0 saturated heterocycles. The summed E-state index contributed by atoms with van der Waals surface area (Å²) in [5.74, 6) is -5.40. The smallest absolute Gasteiger partial charge is 0.326 e. The van der Waals surface area contributed by atoms with E-state index in [1.807, 2.05) is 0 Å². The van der Waals surface area contributed by atoms with Crippen molar-refractivity contribution in [2.75, 3.05) is 6.54 Å². The van der Waals surface area contributed by atoms with Gasteiger partial charge in [-0.1, -0.05) is 20.3 Å². The molecule has 4 unspecified atom stereocenters. The van der Waals surface area contributed by atoms with Crippen molar-refractivity contribution in [1.82, 2.24) is 25.9 Å². The van der Waals surface area contributed by atoms with Gasteiger partial charge >= 0.3 is 11.9 Å². The molecule has 13 heteroatoms. The van der Waals surface area contributed by atoms with E-state index in [0.29, 0.717) is 12.1 Å². The van der Waals surface area contributed by atoms with Crippen LogP contribution in [0.4, 0.5) is 0 Å². The number of nitrogens with two attached hydrogens (primary N) is 1. The number of amides is 3. The molecule has 0 radical (unpaired) electrons. The molecule has 1 heterocycles. The van der Waals surface area contributed by atoms with Crippen molar-refractivity contribution >= 4 is 29.7 Å². The molecule has 0 fully saturated rings. The number of carboxylic acids is 2. The number of carbonyl (C=O) groups is 5. The van der Waals surface area contributed by atoms with E-state index in [1.165, 1.54) is 12.5 Å². The van der Waals surface area contributed by atoms with Crippen molar-refractivity contribution in [3.8, 4) is 0 Å². The summed E-state index contributed by atoms with van der Waals surface area (Å²) in [5.41, 5.74) is 6.43. The van der Waals surface area contributed by atoms with Crippen LogP contribution in [0.15, 0.2) is 12.5 Å². The molecule has 0 saturated carbocycles. The van der Waals surface area contributed by atoms with Gasteiger partial charge in [-0.05, 0) is 5.92 Å². The Hall–Kier alpha value is -3.48. The second-order valence-corrected chi connectivity index (χ2v) is 7.03. The van der Waals surface area contributed by atoms with Crippen molar-refractivity contribution in [3.05, 3.63) is 18.2 Å². The molecule has 0 aliphatic carbocycles. The number of H-pyrrole nitrogens is 1. The predicted octanol–water partition coefficient (Wildman–Crippen LogP) is -2.03. The van der Waals surface area contributed by atoms with Gasteiger partial charge in [-0.25, -0.2) is 9.78 Å². The number of nitrogens with zero attached hydrogens (tertiary/aromatic N) is 1. The first-order valence-corrected chi connectivity index (χ1v) is 9.60. The monoisotopic (exact) mass is 440 g/mol. The van der Waals surface area contributed by atoms with E-state index in [1.54, 1.807) is 13.8 Å². The summed E-state index contributed by atoms with van der Waals surface area (Å²) in [6, 6.07) is -3.69. The van der Waals surface area contributed by atoms with Crippen LogP contribution >= 0.6 is 0 Å². The molecule has 0 bridgehead atoms. The van der Waals surface area contributed by atoms with Gasteiger partial charge in [0.25, 0.3) is 0 Å². The lowest BCUT2D eigenvalue weighted by molar-refractivity contribution is -0.147. The fraction of sp³-hybridized carbons (Fsp3) is 0.556. The fourth-order valence-corrected chi connectivity index (χ4v) is 2.59. The van der Waals surface area contributed by atoms with E-state index in [9.17, 15) is 24.0 Å². The van der Waals surface area contributed by atoms with Gasteiger partial charge in [0.2, 0.25) is 17.7 Å². The van der Waals surface area contributed by atoms with E-state index >= 15 is 0 Å². The van der Waals surface area contributed by atoms with Gasteiger partial charge in [-0.3, -0.25) is 19.2 Å². The number of aromatic amines is 1. The van der Waals surface area contributed by atoms with Gasteiger partial charge in [0.05, 0.1) is 25.3 Å². The zero-order chi connectivity index (χ0) is 23.6. The summed E-state index contributed by atoms with van der Waals surface area (Å²) < 4.78 is 0. The number of imidazole rings is 1. The minimum Gasteiger partial charge on any atom is -0.481 e. The van der Waals surface area contributed by atoms with Gasteiger partial charge in [0.15, 0.2) is 0 Å². The van der Waals surface area contributed by atoms with Crippen LogP contribution in [0.2, 0.25) is 0 Å². The molecule has 1 rings (SSSR count). The second kappa shape index (κ2) is 12.3. The number of hydrogen-bond donors (Lipinski definition) is 7. The average molecular weight is 440 g/mol. The first kappa shape index (κ1) is 25.6. The third-order valence-electron chi connectivity index (χ3n) is 4.56. The molecule has 8 N–H and O–H groups in total. The molecule has 0 aliphatic rings. The van der Waals surface area contributed by atoms with Gasteiger partial charge in [0, 0.05) is 18.3 Å². The minimum atomic E-state index is -1.64. The Bertz CT molecular complexity index is 782. The van der Waals surface area contributed by atoms with Gasteiger partial charge < -0.3 is 36.9 Å². The number of aromatic nitrogens is 2. The fourth-order valence-electron chi connectivity index (χ4n) is 2.59. The van der Waals surface area contributed by atoms with Crippen molar-refractivity contribution in [3.63, 3.8) is 0 Å². The van der Waals surface area contributed by atoms with Crippen LogP contribution in [0.5, 0.6) is 0 Å². The molecular formula is C18H28N6O7. The maximum absolute atomic E-state index is 12.5. The van der Waals surface area contributed by atoms with E-state index in [-0.39, 0.29) is 12.3 Å². The SMILES string of the molecule is CCC(C)C(NC(=O)CNC(=O)C(N)Cc1cnc[nH]1)C(=O)NC(CC(=O)O)C(=O)O. The summed E-state index contributed by atoms with van der Waals surface area (Å²) in [6.45, 7) is 2.98. The quantitative estimate of drug-likeness (QED) is 0.180. The largest absolute Gasteiger partial charge is 0.481 e. The molecule has 0 spiro atoms. The van der Waals surface area contributed by atoms with Crippen molar-refractivity contribution in [2.45, 2.75) is 51.2 Å².